The second-order valence-electron chi connectivity index (χ2n) is 4.40. The van der Waals surface area contributed by atoms with Crippen molar-refractivity contribution in [2.24, 2.45) is 5.92 Å². The highest BCUT2D eigenvalue weighted by atomic mass is 35.5. The highest BCUT2D eigenvalue weighted by Crippen LogP contribution is 2.23. The lowest BCUT2D eigenvalue weighted by atomic mass is 9.91. The fourth-order valence-electron chi connectivity index (χ4n) is 2.15. The summed E-state index contributed by atoms with van der Waals surface area (Å²) < 4.78 is 0. The van der Waals surface area contributed by atoms with Gasteiger partial charge in [0.2, 0.25) is 0 Å². The van der Waals surface area contributed by atoms with E-state index in [1.165, 1.54) is 31.5 Å². The van der Waals surface area contributed by atoms with Gasteiger partial charge in [0.15, 0.2) is 0 Å². The minimum absolute atomic E-state index is 0.677. The predicted octanol–water partition coefficient (Wildman–Crippen LogP) is 2.62. The fourth-order valence-corrected chi connectivity index (χ4v) is 2.35. The van der Waals surface area contributed by atoms with Gasteiger partial charge in [0.05, 0.1) is 0 Å². The molecule has 2 rings (SSSR count). The summed E-state index contributed by atoms with van der Waals surface area (Å²) in [7, 11) is 2.19. The number of piperidine rings is 1. The Kier molecular flexibility index (Phi) is 3.60. The van der Waals surface area contributed by atoms with Gasteiger partial charge < -0.3 is 4.90 Å². The van der Waals surface area contributed by atoms with E-state index in [0.717, 1.165) is 12.3 Å². The standard InChI is InChI=1S/C12H17ClN2/c1-15-7-4-10(5-8-15)9-11-3-2-6-14-12(11)13/h2-3,6,10H,4-5,7-9H2,1H3. The van der Waals surface area contributed by atoms with Crippen molar-refractivity contribution in [3.63, 3.8) is 0 Å². The van der Waals surface area contributed by atoms with Gasteiger partial charge in [0, 0.05) is 6.20 Å². The molecule has 0 aliphatic carbocycles. The lowest BCUT2D eigenvalue weighted by molar-refractivity contribution is 0.219. The van der Waals surface area contributed by atoms with Crippen molar-refractivity contribution in [3.05, 3.63) is 29.0 Å². The van der Waals surface area contributed by atoms with E-state index in [4.69, 9.17) is 11.6 Å². The SMILES string of the molecule is CN1CCC(Cc2cccnc2Cl)CC1. The van der Waals surface area contributed by atoms with Crippen LogP contribution in [0.4, 0.5) is 0 Å². The van der Waals surface area contributed by atoms with Crippen LogP contribution < -0.4 is 0 Å². The van der Waals surface area contributed by atoms with E-state index in [-0.39, 0.29) is 0 Å². The van der Waals surface area contributed by atoms with Gasteiger partial charge in [0.25, 0.3) is 0 Å². The molecular formula is C12H17ClN2. The number of likely N-dealkylation sites (tertiary alicyclic amines) is 1. The highest BCUT2D eigenvalue weighted by Gasteiger charge is 2.17. The van der Waals surface area contributed by atoms with Crippen LogP contribution in [0.3, 0.4) is 0 Å². The summed E-state index contributed by atoms with van der Waals surface area (Å²) in [6.45, 7) is 2.42. The Morgan fingerprint density at radius 2 is 2.20 bits per heavy atom. The normalized spacial score (nSPS) is 19.3. The van der Waals surface area contributed by atoms with E-state index in [1.54, 1.807) is 6.20 Å². The minimum atomic E-state index is 0.677. The Morgan fingerprint density at radius 3 is 2.87 bits per heavy atom. The highest BCUT2D eigenvalue weighted by molar-refractivity contribution is 6.30. The molecule has 1 aromatic heterocycles. The third-order valence-electron chi connectivity index (χ3n) is 3.18. The molecule has 0 N–H and O–H groups in total. The van der Waals surface area contributed by atoms with Gasteiger partial charge in [-0.1, -0.05) is 17.7 Å². The van der Waals surface area contributed by atoms with E-state index >= 15 is 0 Å². The van der Waals surface area contributed by atoms with Crippen LogP contribution in [0.15, 0.2) is 18.3 Å². The first-order valence-electron chi connectivity index (χ1n) is 5.53. The Hall–Kier alpha value is -0.600. The number of nitrogens with zero attached hydrogens (tertiary/aromatic N) is 2. The third-order valence-corrected chi connectivity index (χ3v) is 3.52. The predicted molar refractivity (Wildman–Crippen MR) is 63.2 cm³/mol. The van der Waals surface area contributed by atoms with Crippen molar-refractivity contribution in [2.75, 3.05) is 20.1 Å². The summed E-state index contributed by atoms with van der Waals surface area (Å²) >= 11 is 6.05. The van der Waals surface area contributed by atoms with Crippen LogP contribution >= 0.6 is 11.6 Å². The van der Waals surface area contributed by atoms with Crippen molar-refractivity contribution >= 4 is 11.6 Å². The monoisotopic (exact) mass is 224 g/mol. The summed E-state index contributed by atoms with van der Waals surface area (Å²) in [5, 5.41) is 0.677. The first-order valence-corrected chi connectivity index (χ1v) is 5.91. The van der Waals surface area contributed by atoms with E-state index in [1.807, 2.05) is 6.07 Å². The van der Waals surface area contributed by atoms with Crippen molar-refractivity contribution in [2.45, 2.75) is 19.3 Å². The lowest BCUT2D eigenvalue weighted by Crippen LogP contribution is -2.31. The molecule has 0 aromatic carbocycles. The van der Waals surface area contributed by atoms with E-state index < -0.39 is 0 Å². The lowest BCUT2D eigenvalue weighted by Gasteiger charge is -2.28. The first kappa shape index (κ1) is 10.9. The summed E-state index contributed by atoms with van der Waals surface area (Å²) in [5.74, 6) is 0.780. The molecule has 0 unspecified atom stereocenters. The van der Waals surface area contributed by atoms with Crippen LogP contribution in [-0.4, -0.2) is 30.0 Å². The zero-order valence-corrected chi connectivity index (χ0v) is 9.87. The summed E-state index contributed by atoms with van der Waals surface area (Å²) in [6.07, 6.45) is 5.39. The molecule has 1 saturated heterocycles. The topological polar surface area (TPSA) is 16.1 Å². The molecular weight excluding hydrogens is 208 g/mol. The number of hydrogen-bond donors (Lipinski definition) is 0. The Morgan fingerprint density at radius 1 is 1.47 bits per heavy atom. The van der Waals surface area contributed by atoms with Gasteiger partial charge >= 0.3 is 0 Å². The van der Waals surface area contributed by atoms with Gasteiger partial charge in [-0.05, 0) is 56.9 Å². The Labute approximate surface area is 96.3 Å². The molecule has 0 atom stereocenters. The number of rotatable bonds is 2. The maximum atomic E-state index is 6.05. The molecule has 2 heterocycles. The van der Waals surface area contributed by atoms with Crippen LogP contribution in [0.2, 0.25) is 5.15 Å². The molecule has 1 aliphatic rings. The summed E-state index contributed by atoms with van der Waals surface area (Å²) in [4.78, 5) is 6.50. The van der Waals surface area contributed by atoms with Crippen LogP contribution in [0.25, 0.3) is 0 Å². The smallest absolute Gasteiger partial charge is 0.132 e. The third kappa shape index (κ3) is 2.93. The van der Waals surface area contributed by atoms with Crippen LogP contribution in [0, 0.1) is 5.92 Å². The van der Waals surface area contributed by atoms with Gasteiger partial charge in [-0.25, -0.2) is 4.98 Å². The van der Waals surface area contributed by atoms with Crippen molar-refractivity contribution in [1.82, 2.24) is 9.88 Å². The van der Waals surface area contributed by atoms with Gasteiger partial charge in [-0.3, -0.25) is 0 Å². The molecule has 1 aromatic rings. The Bertz CT molecular complexity index is 319. The van der Waals surface area contributed by atoms with Crippen molar-refractivity contribution in [1.29, 1.82) is 0 Å². The fraction of sp³-hybridized carbons (Fsp3) is 0.583. The zero-order valence-electron chi connectivity index (χ0n) is 9.12. The number of hydrogen-bond acceptors (Lipinski definition) is 2. The minimum Gasteiger partial charge on any atom is -0.306 e. The van der Waals surface area contributed by atoms with E-state index in [0.29, 0.717) is 5.15 Å². The molecule has 3 heteroatoms. The number of aromatic nitrogens is 1. The second-order valence-corrected chi connectivity index (χ2v) is 4.76. The first-order chi connectivity index (χ1) is 7.25. The molecule has 0 amide bonds. The van der Waals surface area contributed by atoms with Crippen LogP contribution in [0.5, 0.6) is 0 Å². The van der Waals surface area contributed by atoms with Gasteiger partial charge in [-0.15, -0.1) is 0 Å². The number of pyridine rings is 1. The molecule has 0 saturated carbocycles. The molecule has 82 valence electrons. The molecule has 0 radical (unpaired) electrons. The van der Waals surface area contributed by atoms with Gasteiger partial charge in [0.1, 0.15) is 5.15 Å². The maximum Gasteiger partial charge on any atom is 0.132 e. The average molecular weight is 225 g/mol. The Balaban J connectivity index is 1.95. The molecule has 2 nitrogen and oxygen atoms in total. The molecule has 1 aliphatic heterocycles. The quantitative estimate of drug-likeness (QED) is 0.718. The van der Waals surface area contributed by atoms with Crippen LogP contribution in [-0.2, 0) is 6.42 Å². The van der Waals surface area contributed by atoms with Gasteiger partial charge in [-0.2, -0.15) is 0 Å². The summed E-state index contributed by atoms with van der Waals surface area (Å²) in [6, 6.07) is 4.06. The maximum absolute atomic E-state index is 6.05. The largest absolute Gasteiger partial charge is 0.306 e. The van der Waals surface area contributed by atoms with E-state index in [2.05, 4.69) is 23.0 Å². The molecule has 0 bridgehead atoms. The second kappa shape index (κ2) is 4.95. The van der Waals surface area contributed by atoms with Crippen molar-refractivity contribution in [3.8, 4) is 0 Å². The van der Waals surface area contributed by atoms with Crippen LogP contribution in [0.1, 0.15) is 18.4 Å². The number of halogens is 1. The molecule has 1 fully saturated rings. The average Bonchev–Trinajstić information content (AvgIpc) is 2.25. The molecule has 15 heavy (non-hydrogen) atoms. The van der Waals surface area contributed by atoms with Crippen molar-refractivity contribution < 1.29 is 0 Å². The van der Waals surface area contributed by atoms with E-state index in [9.17, 15) is 0 Å². The summed E-state index contributed by atoms with van der Waals surface area (Å²) in [5.41, 5.74) is 1.20. The zero-order chi connectivity index (χ0) is 10.7. The molecule has 0 spiro atoms.